The molecule has 0 spiro atoms. The number of aromatic nitrogens is 3. The van der Waals surface area contributed by atoms with Crippen LogP contribution in [0.15, 0.2) is 27.5 Å². The maximum absolute atomic E-state index is 6.22. The highest BCUT2D eigenvalue weighted by atomic mass is 79.9. The van der Waals surface area contributed by atoms with Crippen molar-refractivity contribution in [1.29, 1.82) is 0 Å². The molecule has 5 nitrogen and oxygen atoms in total. The number of nitrogens with two attached hydrogens (primary N) is 1. The van der Waals surface area contributed by atoms with Crippen LogP contribution in [-0.4, -0.2) is 15.1 Å². The van der Waals surface area contributed by atoms with Crippen LogP contribution >= 0.6 is 15.9 Å². The molecule has 2 heterocycles. The van der Waals surface area contributed by atoms with Gasteiger partial charge in [-0.05, 0) is 34.8 Å². The Kier molecular flexibility index (Phi) is 3.77. The van der Waals surface area contributed by atoms with E-state index < -0.39 is 5.54 Å². The number of pyridine rings is 1. The van der Waals surface area contributed by atoms with E-state index in [4.69, 9.17) is 10.3 Å². The molecular formula is C12H15BrN4O. The van der Waals surface area contributed by atoms with E-state index in [0.29, 0.717) is 11.7 Å². The summed E-state index contributed by atoms with van der Waals surface area (Å²) in [7, 11) is 0. The van der Waals surface area contributed by atoms with Gasteiger partial charge in [0, 0.05) is 22.4 Å². The van der Waals surface area contributed by atoms with Gasteiger partial charge in [0.05, 0.1) is 5.54 Å². The quantitative estimate of drug-likeness (QED) is 0.939. The molecule has 0 aromatic carbocycles. The summed E-state index contributed by atoms with van der Waals surface area (Å²) in [5.41, 5.74) is 6.47. The lowest BCUT2D eigenvalue weighted by Gasteiger charge is -2.20. The fraction of sp³-hybridized carbons (Fsp3) is 0.417. The van der Waals surface area contributed by atoms with Gasteiger partial charge >= 0.3 is 0 Å². The third-order valence-electron chi connectivity index (χ3n) is 3.08. The molecule has 18 heavy (non-hydrogen) atoms. The summed E-state index contributed by atoms with van der Waals surface area (Å²) >= 11 is 3.36. The van der Waals surface area contributed by atoms with Gasteiger partial charge in [-0.2, -0.15) is 4.98 Å². The first kappa shape index (κ1) is 13.2. The van der Waals surface area contributed by atoms with Crippen molar-refractivity contribution in [3.05, 3.63) is 28.8 Å². The van der Waals surface area contributed by atoms with Gasteiger partial charge < -0.3 is 10.3 Å². The van der Waals surface area contributed by atoms with Gasteiger partial charge in [0.1, 0.15) is 0 Å². The molecule has 0 atom stereocenters. The Balaban J connectivity index is 2.36. The maximum Gasteiger partial charge on any atom is 0.247 e. The predicted molar refractivity (Wildman–Crippen MR) is 71.7 cm³/mol. The number of rotatable bonds is 4. The van der Waals surface area contributed by atoms with Crippen molar-refractivity contribution < 1.29 is 4.52 Å². The van der Waals surface area contributed by atoms with Crippen LogP contribution in [0.5, 0.6) is 0 Å². The molecule has 0 aliphatic carbocycles. The van der Waals surface area contributed by atoms with E-state index >= 15 is 0 Å². The standard InChI is InChI=1S/C12H15BrN4O/c1-3-12(14,4-2)11-16-10(17-18-11)8-5-9(13)7-15-6-8/h5-7H,3-4,14H2,1-2H3. The highest BCUT2D eigenvalue weighted by molar-refractivity contribution is 9.10. The smallest absolute Gasteiger partial charge is 0.247 e. The monoisotopic (exact) mass is 310 g/mol. The Morgan fingerprint density at radius 1 is 1.33 bits per heavy atom. The summed E-state index contributed by atoms with van der Waals surface area (Å²) in [6.07, 6.45) is 4.90. The minimum Gasteiger partial charge on any atom is -0.337 e. The number of hydrogen-bond donors (Lipinski definition) is 1. The Bertz CT molecular complexity index is 536. The average Bonchev–Trinajstić information content (AvgIpc) is 2.88. The lowest BCUT2D eigenvalue weighted by atomic mass is 9.94. The second-order valence-electron chi connectivity index (χ2n) is 4.18. The Morgan fingerprint density at radius 3 is 2.67 bits per heavy atom. The van der Waals surface area contributed by atoms with E-state index in [-0.39, 0.29) is 0 Å². The van der Waals surface area contributed by atoms with Gasteiger partial charge in [-0.3, -0.25) is 4.98 Å². The molecule has 0 radical (unpaired) electrons. The molecule has 6 heteroatoms. The molecule has 0 amide bonds. The lowest BCUT2D eigenvalue weighted by Crippen LogP contribution is -2.35. The fourth-order valence-corrected chi connectivity index (χ4v) is 1.99. The van der Waals surface area contributed by atoms with Gasteiger partial charge in [-0.1, -0.05) is 19.0 Å². The first-order chi connectivity index (χ1) is 8.59. The molecular weight excluding hydrogens is 296 g/mol. The van der Waals surface area contributed by atoms with Crippen LogP contribution in [0.25, 0.3) is 11.4 Å². The van der Waals surface area contributed by atoms with Crippen LogP contribution < -0.4 is 5.73 Å². The lowest BCUT2D eigenvalue weighted by molar-refractivity contribution is 0.268. The summed E-state index contributed by atoms with van der Waals surface area (Å²) in [6.45, 7) is 4.02. The van der Waals surface area contributed by atoms with Crippen LogP contribution in [0.2, 0.25) is 0 Å². The summed E-state index contributed by atoms with van der Waals surface area (Å²) < 4.78 is 6.15. The van der Waals surface area contributed by atoms with Crippen molar-refractivity contribution in [2.24, 2.45) is 5.73 Å². The highest BCUT2D eigenvalue weighted by Crippen LogP contribution is 2.26. The molecule has 0 fully saturated rings. The molecule has 2 N–H and O–H groups in total. The second kappa shape index (κ2) is 5.16. The van der Waals surface area contributed by atoms with Crippen LogP contribution in [0.1, 0.15) is 32.6 Å². The third kappa shape index (κ3) is 2.44. The van der Waals surface area contributed by atoms with Crippen LogP contribution in [0.3, 0.4) is 0 Å². The van der Waals surface area contributed by atoms with E-state index in [9.17, 15) is 0 Å². The zero-order valence-electron chi connectivity index (χ0n) is 10.4. The average molecular weight is 311 g/mol. The Hall–Kier alpha value is -1.27. The molecule has 0 aliphatic heterocycles. The van der Waals surface area contributed by atoms with Gasteiger partial charge in [0.2, 0.25) is 11.7 Å². The zero-order chi connectivity index (χ0) is 13.2. The maximum atomic E-state index is 6.22. The van der Waals surface area contributed by atoms with Gasteiger partial charge in [0.15, 0.2) is 0 Å². The first-order valence-corrected chi connectivity index (χ1v) is 6.62. The first-order valence-electron chi connectivity index (χ1n) is 5.83. The second-order valence-corrected chi connectivity index (χ2v) is 5.09. The van der Waals surface area contributed by atoms with Crippen molar-refractivity contribution >= 4 is 15.9 Å². The van der Waals surface area contributed by atoms with Crippen molar-refractivity contribution in [1.82, 2.24) is 15.1 Å². The van der Waals surface area contributed by atoms with Crippen molar-refractivity contribution in [3.63, 3.8) is 0 Å². The number of hydrogen-bond acceptors (Lipinski definition) is 5. The molecule has 0 bridgehead atoms. The van der Waals surface area contributed by atoms with Crippen molar-refractivity contribution in [2.45, 2.75) is 32.2 Å². The van der Waals surface area contributed by atoms with Crippen LogP contribution in [0.4, 0.5) is 0 Å². The van der Waals surface area contributed by atoms with Crippen LogP contribution in [0, 0.1) is 0 Å². The normalized spacial score (nSPS) is 11.8. The molecule has 0 aliphatic rings. The molecule has 2 aromatic rings. The SMILES string of the molecule is CCC(N)(CC)c1nc(-c2cncc(Br)c2)no1. The molecule has 0 saturated carbocycles. The minimum absolute atomic E-state index is 0.475. The predicted octanol–water partition coefficient (Wildman–Crippen LogP) is 2.87. The van der Waals surface area contributed by atoms with E-state index in [0.717, 1.165) is 22.9 Å². The van der Waals surface area contributed by atoms with Gasteiger partial charge in [0.25, 0.3) is 0 Å². The fourth-order valence-electron chi connectivity index (χ4n) is 1.63. The Morgan fingerprint density at radius 2 is 2.06 bits per heavy atom. The topological polar surface area (TPSA) is 77.8 Å². The van der Waals surface area contributed by atoms with Crippen LogP contribution in [-0.2, 0) is 5.54 Å². The van der Waals surface area contributed by atoms with E-state index in [1.807, 2.05) is 19.9 Å². The summed E-state index contributed by atoms with van der Waals surface area (Å²) in [4.78, 5) is 8.44. The molecule has 2 aromatic heterocycles. The highest BCUT2D eigenvalue weighted by Gasteiger charge is 2.30. The number of nitrogens with zero attached hydrogens (tertiary/aromatic N) is 3. The van der Waals surface area contributed by atoms with E-state index in [1.54, 1.807) is 12.4 Å². The summed E-state index contributed by atoms with van der Waals surface area (Å²) in [6, 6.07) is 1.89. The largest absolute Gasteiger partial charge is 0.337 e. The molecule has 96 valence electrons. The third-order valence-corrected chi connectivity index (χ3v) is 3.51. The molecule has 0 unspecified atom stereocenters. The number of halogens is 1. The zero-order valence-corrected chi connectivity index (χ0v) is 11.9. The van der Waals surface area contributed by atoms with Gasteiger partial charge in [-0.15, -0.1) is 0 Å². The molecule has 2 rings (SSSR count). The Labute approximate surface area is 114 Å². The summed E-state index contributed by atoms with van der Waals surface area (Å²) in [5.74, 6) is 0.984. The van der Waals surface area contributed by atoms with Crippen molar-refractivity contribution in [3.8, 4) is 11.4 Å². The van der Waals surface area contributed by atoms with Crippen molar-refractivity contribution in [2.75, 3.05) is 0 Å². The van der Waals surface area contributed by atoms with E-state index in [2.05, 4.69) is 31.1 Å². The van der Waals surface area contributed by atoms with Gasteiger partial charge in [-0.25, -0.2) is 0 Å². The molecule has 0 saturated heterocycles. The minimum atomic E-state index is -0.551. The summed E-state index contributed by atoms with van der Waals surface area (Å²) in [5, 5.41) is 3.96. The van der Waals surface area contributed by atoms with E-state index in [1.165, 1.54) is 0 Å².